The summed E-state index contributed by atoms with van der Waals surface area (Å²) in [5.41, 5.74) is 1.86. The molecule has 0 saturated carbocycles. The van der Waals surface area contributed by atoms with Crippen LogP contribution in [0.2, 0.25) is 5.02 Å². The number of benzene rings is 2. The zero-order valence-corrected chi connectivity index (χ0v) is 17.9. The Balaban J connectivity index is 1.70. The zero-order chi connectivity index (χ0) is 22.2. The Morgan fingerprint density at radius 3 is 2.61 bits per heavy atom. The highest BCUT2D eigenvalue weighted by atomic mass is 35.5. The zero-order valence-electron chi connectivity index (χ0n) is 15.6. The summed E-state index contributed by atoms with van der Waals surface area (Å²) in [5.74, 6) is -2.61. The van der Waals surface area contributed by atoms with E-state index in [9.17, 15) is 17.2 Å². The fourth-order valence-electron chi connectivity index (χ4n) is 2.72. The van der Waals surface area contributed by atoms with Crippen LogP contribution in [0.5, 0.6) is 11.5 Å². The molecule has 4 aromatic rings. The summed E-state index contributed by atoms with van der Waals surface area (Å²) in [6, 6.07) is 5.79. The number of ether oxygens (including phenoxy) is 1. The van der Waals surface area contributed by atoms with Crippen molar-refractivity contribution in [3.63, 3.8) is 0 Å². The normalized spacial score (nSPS) is 11.5. The minimum absolute atomic E-state index is 0.0820. The Kier molecular flexibility index (Phi) is 5.60. The maximum absolute atomic E-state index is 14.7. The van der Waals surface area contributed by atoms with Crippen LogP contribution in [0.1, 0.15) is 5.69 Å². The Labute approximate surface area is 184 Å². The van der Waals surface area contributed by atoms with Crippen LogP contribution in [-0.4, -0.2) is 28.0 Å². The van der Waals surface area contributed by atoms with Crippen molar-refractivity contribution in [1.82, 2.24) is 19.6 Å². The van der Waals surface area contributed by atoms with Crippen molar-refractivity contribution in [2.75, 3.05) is 4.72 Å². The van der Waals surface area contributed by atoms with Crippen molar-refractivity contribution >= 4 is 38.3 Å². The average Bonchev–Trinajstić information content (AvgIpc) is 3.36. The summed E-state index contributed by atoms with van der Waals surface area (Å²) >= 11 is 6.82. The summed E-state index contributed by atoms with van der Waals surface area (Å²) in [7, 11) is -4.42. The molecule has 2 heterocycles. The van der Waals surface area contributed by atoms with Gasteiger partial charge < -0.3 is 4.74 Å². The number of aromatic nitrogens is 4. The predicted octanol–water partition coefficient (Wildman–Crippen LogP) is 4.76. The lowest BCUT2D eigenvalue weighted by Gasteiger charge is -2.13. The van der Waals surface area contributed by atoms with Crippen LogP contribution >= 0.6 is 23.1 Å². The molecule has 2 aromatic heterocycles. The van der Waals surface area contributed by atoms with Crippen molar-refractivity contribution in [3.05, 3.63) is 65.2 Å². The van der Waals surface area contributed by atoms with Gasteiger partial charge in [0.2, 0.25) is 5.13 Å². The molecule has 0 atom stereocenters. The summed E-state index contributed by atoms with van der Waals surface area (Å²) in [6.07, 6.45) is 2.67. The lowest BCUT2D eigenvalue weighted by molar-refractivity contribution is 0.433. The molecule has 0 saturated heterocycles. The number of hydrogen-bond acceptors (Lipinski definition) is 7. The number of rotatable bonds is 6. The van der Waals surface area contributed by atoms with Crippen LogP contribution in [0.3, 0.4) is 0 Å². The number of nitrogens with zero attached hydrogens (tertiary/aromatic N) is 3. The lowest BCUT2D eigenvalue weighted by Crippen LogP contribution is -2.15. The number of aromatic amines is 1. The fraction of sp³-hybridized carbons (Fsp3) is 0.0556. The lowest BCUT2D eigenvalue weighted by atomic mass is 10.1. The minimum atomic E-state index is -4.42. The van der Waals surface area contributed by atoms with Gasteiger partial charge in [-0.2, -0.15) is 9.47 Å². The van der Waals surface area contributed by atoms with Crippen LogP contribution in [0.15, 0.2) is 47.8 Å². The van der Waals surface area contributed by atoms with Crippen LogP contribution in [0, 0.1) is 18.6 Å². The summed E-state index contributed by atoms with van der Waals surface area (Å²) in [5, 5.41) is 7.03. The third-order valence-electron chi connectivity index (χ3n) is 4.14. The summed E-state index contributed by atoms with van der Waals surface area (Å²) < 4.78 is 65.3. The number of halogens is 3. The molecule has 0 fully saturated rings. The van der Waals surface area contributed by atoms with Gasteiger partial charge in [0.05, 0.1) is 6.20 Å². The first-order chi connectivity index (χ1) is 14.7. The van der Waals surface area contributed by atoms with Crippen LogP contribution < -0.4 is 9.46 Å². The molecule has 0 aliphatic heterocycles. The van der Waals surface area contributed by atoms with Gasteiger partial charge in [0, 0.05) is 45.5 Å². The van der Waals surface area contributed by atoms with Crippen molar-refractivity contribution in [2.24, 2.45) is 0 Å². The van der Waals surface area contributed by atoms with Gasteiger partial charge in [0.25, 0.3) is 10.0 Å². The first-order valence-corrected chi connectivity index (χ1v) is 11.1. The van der Waals surface area contributed by atoms with Gasteiger partial charge in [-0.15, -0.1) is 0 Å². The molecule has 0 aliphatic carbocycles. The monoisotopic (exact) mass is 483 g/mol. The molecule has 0 amide bonds. The number of hydrogen-bond donors (Lipinski definition) is 2. The van der Waals surface area contributed by atoms with Gasteiger partial charge in [-0.1, -0.05) is 11.6 Å². The molecular weight excluding hydrogens is 472 g/mol. The third kappa shape index (κ3) is 4.36. The van der Waals surface area contributed by atoms with Crippen LogP contribution in [0.4, 0.5) is 13.9 Å². The van der Waals surface area contributed by atoms with E-state index in [1.165, 1.54) is 12.1 Å². The maximum Gasteiger partial charge on any atom is 0.266 e. The van der Waals surface area contributed by atoms with E-state index >= 15 is 0 Å². The Bertz CT molecular complexity index is 1360. The van der Waals surface area contributed by atoms with E-state index < -0.39 is 32.3 Å². The molecule has 0 unspecified atom stereocenters. The van der Waals surface area contributed by atoms with Gasteiger partial charge in [0.1, 0.15) is 22.8 Å². The molecule has 2 aromatic carbocycles. The highest BCUT2D eigenvalue weighted by Crippen LogP contribution is 2.38. The van der Waals surface area contributed by atoms with Gasteiger partial charge in [-0.05, 0) is 25.1 Å². The first-order valence-electron chi connectivity index (χ1n) is 8.51. The van der Waals surface area contributed by atoms with Crippen molar-refractivity contribution in [1.29, 1.82) is 0 Å². The molecule has 4 rings (SSSR count). The number of nitrogens with one attached hydrogen (secondary N) is 2. The molecule has 8 nitrogen and oxygen atoms in total. The topological polar surface area (TPSA) is 110 Å². The van der Waals surface area contributed by atoms with E-state index in [-0.39, 0.29) is 10.9 Å². The summed E-state index contributed by atoms with van der Waals surface area (Å²) in [6.45, 7) is 1.78. The van der Waals surface area contributed by atoms with Crippen LogP contribution in [0.25, 0.3) is 11.1 Å². The standard InChI is InChI=1S/C18H12ClF2N5O3S2/c1-9-12(7-23-25-9)11-4-10(19)2-3-15(11)29-16-5-14(21)17(6-13(16)20)31(27,28)26-18-22-8-24-30-18/h2-8H,1H3,(H,23,25)(H,22,24,26). The second kappa shape index (κ2) is 8.21. The molecule has 13 heteroatoms. The fourth-order valence-corrected chi connectivity index (χ4v) is 4.63. The Hall–Kier alpha value is -3.09. The number of sulfonamides is 1. The van der Waals surface area contributed by atoms with Gasteiger partial charge in [-0.25, -0.2) is 22.2 Å². The molecule has 0 radical (unpaired) electrons. The third-order valence-corrected chi connectivity index (χ3v) is 6.44. The van der Waals surface area contributed by atoms with E-state index in [1.807, 2.05) is 4.72 Å². The molecule has 0 bridgehead atoms. The van der Waals surface area contributed by atoms with E-state index in [4.69, 9.17) is 16.3 Å². The molecule has 31 heavy (non-hydrogen) atoms. The van der Waals surface area contributed by atoms with Gasteiger partial charge in [0.15, 0.2) is 11.6 Å². The summed E-state index contributed by atoms with van der Waals surface area (Å²) in [4.78, 5) is 2.76. The van der Waals surface area contributed by atoms with E-state index in [1.54, 1.807) is 19.2 Å². The molecule has 0 aliphatic rings. The first kappa shape index (κ1) is 21.2. The van der Waals surface area contributed by atoms with Gasteiger partial charge in [-0.3, -0.25) is 9.82 Å². The minimum Gasteiger partial charge on any atom is -0.454 e. The smallest absolute Gasteiger partial charge is 0.266 e. The molecule has 160 valence electrons. The number of aryl methyl sites for hydroxylation is 1. The molecular formula is C18H12ClF2N5O3S2. The van der Waals surface area contributed by atoms with E-state index in [0.717, 1.165) is 17.9 Å². The van der Waals surface area contributed by atoms with Gasteiger partial charge >= 0.3 is 0 Å². The quantitative estimate of drug-likeness (QED) is 0.409. The highest BCUT2D eigenvalue weighted by molar-refractivity contribution is 7.93. The largest absolute Gasteiger partial charge is 0.454 e. The van der Waals surface area contributed by atoms with Crippen molar-refractivity contribution < 1.29 is 21.9 Å². The number of anilines is 1. The molecule has 0 spiro atoms. The molecule has 2 N–H and O–H groups in total. The number of H-pyrrole nitrogens is 1. The Morgan fingerprint density at radius 1 is 1.13 bits per heavy atom. The second-order valence-corrected chi connectivity index (χ2v) is 9.08. The maximum atomic E-state index is 14.7. The van der Waals surface area contributed by atoms with Crippen LogP contribution in [-0.2, 0) is 10.0 Å². The van der Waals surface area contributed by atoms with E-state index in [0.29, 0.717) is 34.0 Å². The predicted molar refractivity (Wildman–Crippen MR) is 111 cm³/mol. The average molecular weight is 484 g/mol. The van der Waals surface area contributed by atoms with E-state index in [2.05, 4.69) is 19.6 Å². The SMILES string of the molecule is Cc1[nH]ncc1-c1cc(Cl)ccc1Oc1cc(F)c(S(=O)(=O)Nc2ncns2)cc1F. The second-order valence-electron chi connectivity index (χ2n) is 6.22. The van der Waals surface area contributed by atoms with Crippen molar-refractivity contribution in [3.8, 4) is 22.6 Å². The highest BCUT2D eigenvalue weighted by Gasteiger charge is 2.24. The Morgan fingerprint density at radius 2 is 1.94 bits per heavy atom. The van der Waals surface area contributed by atoms with Crippen molar-refractivity contribution in [2.45, 2.75) is 11.8 Å².